The molecular formula is C21H19ClN2O3S. The van der Waals surface area contributed by atoms with Gasteiger partial charge >= 0.3 is 0 Å². The Balaban J connectivity index is 1.76. The zero-order valence-corrected chi connectivity index (χ0v) is 16.6. The molecule has 1 fully saturated rings. The average Bonchev–Trinajstić information content (AvgIpc) is 2.65. The molecule has 0 spiro atoms. The van der Waals surface area contributed by atoms with Gasteiger partial charge in [0.2, 0.25) is 15.7 Å². The van der Waals surface area contributed by atoms with Gasteiger partial charge in [0.25, 0.3) is 0 Å². The normalized spacial score (nSPS) is 15.6. The van der Waals surface area contributed by atoms with Gasteiger partial charge < -0.3 is 5.32 Å². The first kappa shape index (κ1) is 20.1. The standard InChI is InChI=1S/C21H19ClN2O3S/c22-18-7-3-16(4-8-18)15-24-20(25)21(11-1-12-21)17-5-9-19(10-6-17)28(26,27)14-2-13-23/h2-10,14H,1,11-12,15H2,(H,24,25). The molecule has 1 aliphatic carbocycles. The number of halogens is 1. The van der Waals surface area contributed by atoms with Crippen LogP contribution in [0, 0.1) is 11.3 Å². The first-order valence-corrected chi connectivity index (χ1v) is 10.7. The third-order valence-corrected chi connectivity index (χ3v) is 6.74. The van der Waals surface area contributed by atoms with E-state index in [2.05, 4.69) is 5.32 Å². The van der Waals surface area contributed by atoms with Gasteiger partial charge in [0.1, 0.15) is 0 Å². The Morgan fingerprint density at radius 2 is 1.79 bits per heavy atom. The Morgan fingerprint density at radius 3 is 2.32 bits per heavy atom. The molecule has 0 aliphatic heterocycles. The molecule has 0 aromatic heterocycles. The lowest BCUT2D eigenvalue weighted by atomic mass is 9.64. The van der Waals surface area contributed by atoms with Crippen molar-refractivity contribution >= 4 is 27.3 Å². The van der Waals surface area contributed by atoms with Crippen molar-refractivity contribution in [3.63, 3.8) is 0 Å². The largest absolute Gasteiger partial charge is 0.351 e. The van der Waals surface area contributed by atoms with E-state index in [0.717, 1.165) is 41.9 Å². The van der Waals surface area contributed by atoms with Crippen LogP contribution in [0.4, 0.5) is 0 Å². The summed E-state index contributed by atoms with van der Waals surface area (Å²) in [6.07, 6.45) is 3.32. The lowest BCUT2D eigenvalue weighted by Crippen LogP contribution is -2.49. The number of hydrogen-bond donors (Lipinski definition) is 1. The topological polar surface area (TPSA) is 87.0 Å². The fourth-order valence-corrected chi connectivity index (χ4v) is 4.33. The molecule has 0 saturated heterocycles. The third-order valence-electron chi connectivity index (χ3n) is 5.07. The summed E-state index contributed by atoms with van der Waals surface area (Å²) >= 11 is 5.88. The van der Waals surface area contributed by atoms with Crippen LogP contribution in [0.1, 0.15) is 30.4 Å². The Kier molecular flexibility index (Phi) is 5.87. The molecule has 0 bridgehead atoms. The van der Waals surface area contributed by atoms with E-state index in [0.29, 0.717) is 11.6 Å². The SMILES string of the molecule is N#CC=CS(=O)(=O)c1ccc(C2(C(=O)NCc3ccc(Cl)cc3)CCC2)cc1. The smallest absolute Gasteiger partial charge is 0.230 e. The number of nitrogens with zero attached hydrogens (tertiary/aromatic N) is 1. The van der Waals surface area contributed by atoms with Gasteiger partial charge in [0, 0.05) is 23.1 Å². The van der Waals surface area contributed by atoms with Gasteiger partial charge in [-0.25, -0.2) is 8.42 Å². The van der Waals surface area contributed by atoms with Gasteiger partial charge in [0.05, 0.1) is 16.4 Å². The highest BCUT2D eigenvalue weighted by Crippen LogP contribution is 2.44. The predicted molar refractivity (Wildman–Crippen MR) is 107 cm³/mol. The molecule has 2 aromatic carbocycles. The van der Waals surface area contributed by atoms with Gasteiger partial charge in [-0.2, -0.15) is 5.26 Å². The second kappa shape index (κ2) is 8.17. The second-order valence-corrected chi connectivity index (χ2v) is 9.02. The quantitative estimate of drug-likeness (QED) is 0.726. The van der Waals surface area contributed by atoms with Crippen LogP contribution in [0.3, 0.4) is 0 Å². The van der Waals surface area contributed by atoms with E-state index in [9.17, 15) is 13.2 Å². The van der Waals surface area contributed by atoms with Crippen LogP contribution in [0.2, 0.25) is 5.02 Å². The highest BCUT2D eigenvalue weighted by Gasteiger charge is 2.45. The van der Waals surface area contributed by atoms with E-state index in [-0.39, 0.29) is 10.8 Å². The number of carbonyl (C=O) groups is 1. The Morgan fingerprint density at radius 1 is 1.14 bits per heavy atom. The Bertz CT molecular complexity index is 1030. The second-order valence-electron chi connectivity index (χ2n) is 6.75. The Hall–Kier alpha value is -2.62. The number of nitrogens with one attached hydrogen (secondary N) is 1. The first-order chi connectivity index (χ1) is 13.4. The van der Waals surface area contributed by atoms with Crippen LogP contribution >= 0.6 is 11.6 Å². The van der Waals surface area contributed by atoms with Crippen molar-refractivity contribution in [1.29, 1.82) is 5.26 Å². The minimum absolute atomic E-state index is 0.0614. The van der Waals surface area contributed by atoms with Crippen molar-refractivity contribution in [2.45, 2.75) is 36.1 Å². The number of sulfone groups is 1. The van der Waals surface area contributed by atoms with Gasteiger partial charge in [-0.3, -0.25) is 4.79 Å². The number of amides is 1. The molecule has 3 rings (SSSR count). The lowest BCUT2D eigenvalue weighted by molar-refractivity contribution is -0.130. The molecule has 2 aromatic rings. The van der Waals surface area contributed by atoms with Crippen LogP contribution in [0.15, 0.2) is 64.9 Å². The molecule has 144 valence electrons. The van der Waals surface area contributed by atoms with Gasteiger partial charge in [0.15, 0.2) is 0 Å². The summed E-state index contributed by atoms with van der Waals surface area (Å²) in [6.45, 7) is 0.406. The molecule has 0 heterocycles. The monoisotopic (exact) mass is 414 g/mol. The minimum Gasteiger partial charge on any atom is -0.351 e. The number of allylic oxidation sites excluding steroid dienone is 1. The average molecular weight is 415 g/mol. The van der Waals surface area contributed by atoms with E-state index < -0.39 is 15.3 Å². The van der Waals surface area contributed by atoms with Crippen molar-refractivity contribution < 1.29 is 13.2 Å². The van der Waals surface area contributed by atoms with Crippen LogP contribution < -0.4 is 5.32 Å². The summed E-state index contributed by atoms with van der Waals surface area (Å²) in [5.41, 5.74) is 1.13. The zero-order valence-electron chi connectivity index (χ0n) is 15.1. The molecule has 1 aliphatic rings. The third kappa shape index (κ3) is 4.11. The number of nitriles is 1. The highest BCUT2D eigenvalue weighted by molar-refractivity contribution is 7.94. The number of hydrogen-bond acceptors (Lipinski definition) is 4. The number of carbonyl (C=O) groups excluding carboxylic acids is 1. The fraction of sp³-hybridized carbons (Fsp3) is 0.238. The summed E-state index contributed by atoms with van der Waals surface area (Å²) in [4.78, 5) is 13.0. The van der Waals surface area contributed by atoms with Gasteiger partial charge in [-0.05, 0) is 48.2 Å². The molecule has 1 saturated carbocycles. The maximum Gasteiger partial charge on any atom is 0.230 e. The maximum absolute atomic E-state index is 12.9. The van der Waals surface area contributed by atoms with Crippen molar-refractivity contribution in [1.82, 2.24) is 5.32 Å². The fourth-order valence-electron chi connectivity index (χ4n) is 3.29. The molecule has 1 N–H and O–H groups in total. The minimum atomic E-state index is -3.66. The first-order valence-electron chi connectivity index (χ1n) is 8.82. The molecule has 1 amide bonds. The van der Waals surface area contributed by atoms with Crippen LogP contribution in [-0.4, -0.2) is 14.3 Å². The molecule has 7 heteroatoms. The summed E-state index contributed by atoms with van der Waals surface area (Å²) in [5, 5.41) is 13.0. The van der Waals surface area contributed by atoms with Crippen molar-refractivity contribution in [3.8, 4) is 6.07 Å². The van der Waals surface area contributed by atoms with E-state index >= 15 is 0 Å². The van der Waals surface area contributed by atoms with Crippen molar-refractivity contribution in [2.75, 3.05) is 0 Å². The van der Waals surface area contributed by atoms with Crippen LogP contribution in [0.5, 0.6) is 0 Å². The van der Waals surface area contributed by atoms with E-state index in [1.165, 1.54) is 12.1 Å². The molecule has 0 atom stereocenters. The predicted octanol–water partition coefficient (Wildman–Crippen LogP) is 3.89. The molecular weight excluding hydrogens is 396 g/mol. The van der Waals surface area contributed by atoms with Crippen molar-refractivity contribution in [2.24, 2.45) is 0 Å². The molecule has 0 unspecified atom stereocenters. The lowest BCUT2D eigenvalue weighted by Gasteiger charge is -2.40. The summed E-state index contributed by atoms with van der Waals surface area (Å²) < 4.78 is 24.3. The Labute approximate surface area is 169 Å². The molecule has 28 heavy (non-hydrogen) atoms. The zero-order chi connectivity index (χ0) is 20.2. The summed E-state index contributed by atoms with van der Waals surface area (Å²) in [7, 11) is -3.66. The van der Waals surface area contributed by atoms with Crippen molar-refractivity contribution in [3.05, 3.63) is 76.2 Å². The summed E-state index contributed by atoms with van der Waals surface area (Å²) in [5.74, 6) is -0.0614. The van der Waals surface area contributed by atoms with Crippen LogP contribution in [0.25, 0.3) is 0 Å². The van der Waals surface area contributed by atoms with Gasteiger partial charge in [-0.15, -0.1) is 0 Å². The van der Waals surface area contributed by atoms with Gasteiger partial charge in [-0.1, -0.05) is 42.3 Å². The molecule has 0 radical (unpaired) electrons. The summed E-state index contributed by atoms with van der Waals surface area (Å²) in [6, 6.07) is 15.3. The van der Waals surface area contributed by atoms with E-state index in [1.54, 1.807) is 30.3 Å². The van der Waals surface area contributed by atoms with Crippen LogP contribution in [-0.2, 0) is 26.6 Å². The number of benzene rings is 2. The number of rotatable bonds is 6. The van der Waals surface area contributed by atoms with E-state index in [4.69, 9.17) is 16.9 Å². The maximum atomic E-state index is 12.9. The van der Waals surface area contributed by atoms with E-state index in [1.807, 2.05) is 12.1 Å². The highest BCUT2D eigenvalue weighted by atomic mass is 35.5. The molecule has 5 nitrogen and oxygen atoms in total.